The fourth-order valence-corrected chi connectivity index (χ4v) is 10.9. The number of rotatable bonds is 7. The summed E-state index contributed by atoms with van der Waals surface area (Å²) in [4.78, 5) is 10.2. The summed E-state index contributed by atoms with van der Waals surface area (Å²) in [5.41, 5.74) is 17.7. The first kappa shape index (κ1) is 46.0. The van der Waals surface area contributed by atoms with Gasteiger partial charge in [0.05, 0.1) is 33.4 Å². The number of hydrogen-bond acceptors (Lipinski definition) is 4. The summed E-state index contributed by atoms with van der Waals surface area (Å²) in [7, 11) is 0. The Morgan fingerprint density at radius 1 is 0.411 bits per heavy atom. The topological polar surface area (TPSA) is 38.5 Å². The van der Waals surface area contributed by atoms with Crippen molar-refractivity contribution in [3.05, 3.63) is 210 Å². The van der Waals surface area contributed by atoms with Crippen molar-refractivity contribution in [3.8, 4) is 34.1 Å². The monoisotopic (exact) mass is 954 g/mol. The normalized spacial score (nSPS) is 13.2. The van der Waals surface area contributed by atoms with E-state index in [0.29, 0.717) is 6.67 Å². The molecule has 8 aromatic carbocycles. The van der Waals surface area contributed by atoms with Gasteiger partial charge in [-0.1, -0.05) is 147 Å². The Morgan fingerprint density at radius 2 is 0.973 bits per heavy atom. The van der Waals surface area contributed by atoms with Gasteiger partial charge in [-0.25, -0.2) is 4.98 Å². The summed E-state index contributed by atoms with van der Waals surface area (Å²) in [6, 6.07) is 66.2. The lowest BCUT2D eigenvalue weighted by atomic mass is 9.80. The molecule has 6 heteroatoms. The molecule has 0 atom stereocenters. The van der Waals surface area contributed by atoms with Crippen molar-refractivity contribution in [1.82, 2.24) is 14.1 Å². The third-order valence-corrected chi connectivity index (χ3v) is 15.0. The van der Waals surface area contributed by atoms with Crippen molar-refractivity contribution in [3.63, 3.8) is 0 Å². The molecule has 11 aromatic rings. The van der Waals surface area contributed by atoms with Gasteiger partial charge in [-0.15, -0.1) is 0 Å². The molecule has 0 radical (unpaired) electrons. The molecule has 0 N–H and O–H groups in total. The largest absolute Gasteiger partial charge is 0.457 e. The van der Waals surface area contributed by atoms with Crippen LogP contribution in [0.2, 0.25) is 0 Å². The number of aryl methyl sites for hydroxylation is 1. The van der Waals surface area contributed by atoms with Gasteiger partial charge in [-0.2, -0.15) is 0 Å². The minimum Gasteiger partial charge on any atom is -0.457 e. The first-order valence-electron chi connectivity index (χ1n) is 25.7. The summed E-state index contributed by atoms with van der Waals surface area (Å²) in [6.45, 7) is 23.6. The van der Waals surface area contributed by atoms with Crippen molar-refractivity contribution < 1.29 is 4.74 Å². The predicted molar refractivity (Wildman–Crippen MR) is 308 cm³/mol. The molecule has 0 saturated heterocycles. The minimum atomic E-state index is -0.0107. The van der Waals surface area contributed by atoms with Crippen molar-refractivity contribution in [1.29, 1.82) is 0 Å². The second-order valence-electron chi connectivity index (χ2n) is 23.1. The molecule has 0 bridgehead atoms. The van der Waals surface area contributed by atoms with Gasteiger partial charge in [-0.05, 0) is 136 Å². The van der Waals surface area contributed by atoms with E-state index in [1.54, 1.807) is 0 Å². The highest BCUT2D eigenvalue weighted by molar-refractivity contribution is 6.10. The van der Waals surface area contributed by atoms with Crippen molar-refractivity contribution in [2.24, 2.45) is 0 Å². The maximum atomic E-state index is 6.88. The van der Waals surface area contributed by atoms with E-state index in [0.717, 1.165) is 61.8 Å². The Bertz CT molecular complexity index is 3880. The van der Waals surface area contributed by atoms with Crippen LogP contribution >= 0.6 is 0 Å². The maximum absolute atomic E-state index is 6.88. The van der Waals surface area contributed by atoms with Crippen molar-refractivity contribution >= 4 is 66.4 Å². The molecule has 0 amide bonds. The number of hydrogen-bond donors (Lipinski definition) is 0. The fraction of sp³-hybridized carbons (Fsp3) is 0.209. The summed E-state index contributed by atoms with van der Waals surface area (Å²) in [5, 5.41) is 4.82. The van der Waals surface area contributed by atoms with Crippen LogP contribution in [0.3, 0.4) is 0 Å². The van der Waals surface area contributed by atoms with Crippen LogP contribution in [0.25, 0.3) is 66.2 Å². The lowest BCUT2D eigenvalue weighted by Gasteiger charge is -2.29. The SMILES string of the molecule is Cc1cc(-n2c3ccccc3c3ccc(Oc4cccc(N5CN(c6cc(C(C)(C)C)cc(C(C)(C)C)c6)c6ccc(C(C)(C)C)cc65)c4)cc32)ncc1-c1cccc(-n2c3ccccc3c3ccccc32)c1. The molecule has 0 spiro atoms. The first-order valence-corrected chi connectivity index (χ1v) is 25.7. The molecule has 4 heterocycles. The summed E-state index contributed by atoms with van der Waals surface area (Å²) >= 11 is 0. The van der Waals surface area contributed by atoms with Crippen LogP contribution < -0.4 is 14.5 Å². The van der Waals surface area contributed by atoms with E-state index in [-0.39, 0.29) is 16.2 Å². The Hall–Kier alpha value is -8.09. The van der Waals surface area contributed by atoms with E-state index in [1.807, 2.05) is 6.20 Å². The lowest BCUT2D eigenvalue weighted by Crippen LogP contribution is -2.25. The van der Waals surface area contributed by atoms with Crippen LogP contribution in [0.15, 0.2) is 188 Å². The van der Waals surface area contributed by atoms with Gasteiger partial charge in [0.1, 0.15) is 24.0 Å². The number of fused-ring (bicyclic) bond motifs is 7. The van der Waals surface area contributed by atoms with E-state index in [4.69, 9.17) is 9.72 Å². The van der Waals surface area contributed by atoms with Crippen LogP contribution in [0, 0.1) is 6.92 Å². The van der Waals surface area contributed by atoms with E-state index in [1.165, 1.54) is 60.9 Å². The van der Waals surface area contributed by atoms with Crippen molar-refractivity contribution in [2.45, 2.75) is 85.5 Å². The van der Waals surface area contributed by atoms with E-state index in [2.05, 4.69) is 270 Å². The second kappa shape index (κ2) is 17.0. The molecule has 0 fully saturated rings. The highest BCUT2D eigenvalue weighted by Gasteiger charge is 2.32. The number of anilines is 4. The average molecular weight is 954 g/mol. The molecule has 6 nitrogen and oxygen atoms in total. The summed E-state index contributed by atoms with van der Waals surface area (Å²) in [5.74, 6) is 2.40. The van der Waals surface area contributed by atoms with Gasteiger partial charge in [-0.3, -0.25) is 4.57 Å². The zero-order valence-electron chi connectivity index (χ0n) is 43.7. The van der Waals surface area contributed by atoms with Gasteiger partial charge in [0.15, 0.2) is 0 Å². The van der Waals surface area contributed by atoms with E-state index >= 15 is 0 Å². The smallest absolute Gasteiger partial charge is 0.137 e. The molecule has 0 aliphatic carbocycles. The molecule has 0 unspecified atom stereocenters. The number of para-hydroxylation sites is 3. The van der Waals surface area contributed by atoms with Gasteiger partial charge >= 0.3 is 0 Å². The number of benzene rings is 8. The number of ether oxygens (including phenoxy) is 1. The number of aromatic nitrogens is 3. The van der Waals surface area contributed by atoms with Crippen molar-refractivity contribution in [2.75, 3.05) is 16.5 Å². The third kappa shape index (κ3) is 8.10. The van der Waals surface area contributed by atoms with Gasteiger partial charge in [0.2, 0.25) is 0 Å². The third-order valence-electron chi connectivity index (χ3n) is 15.0. The fourth-order valence-electron chi connectivity index (χ4n) is 10.9. The standard InChI is InChI=1S/C67H63N5O/c1-43-33-64(68-41-57(43)44-19-17-21-49(34-44)71-58-26-14-11-23-53(58)54-24-12-15-27-59(54)71)72-60-28-16-13-25-55(60)56-31-30-52(40-62(56)72)73-51-22-18-20-48(39-51)69-42-70(61-32-29-45(38-63(61)69)65(2,3)4)50-36-46(66(5,6)7)35-47(37-50)67(8,9)10/h11-41H,42H2,1-10H3. The molecule has 0 saturated carbocycles. The molecular weight excluding hydrogens is 891 g/mol. The maximum Gasteiger partial charge on any atom is 0.137 e. The van der Waals surface area contributed by atoms with Crippen LogP contribution in [0.4, 0.5) is 22.7 Å². The summed E-state index contributed by atoms with van der Waals surface area (Å²) < 4.78 is 11.5. The molecular formula is C67H63N5O. The number of pyridine rings is 1. The first-order chi connectivity index (χ1) is 35.0. The van der Waals surface area contributed by atoms with E-state index < -0.39 is 0 Å². The Balaban J connectivity index is 0.891. The molecule has 362 valence electrons. The van der Waals surface area contributed by atoms with Crippen LogP contribution in [0.1, 0.15) is 84.6 Å². The second-order valence-corrected chi connectivity index (χ2v) is 23.1. The van der Waals surface area contributed by atoms with Crippen LogP contribution in [0.5, 0.6) is 11.5 Å². The van der Waals surface area contributed by atoms with Gasteiger partial charge < -0.3 is 19.1 Å². The quantitative estimate of drug-likeness (QED) is 0.160. The average Bonchev–Trinajstić information content (AvgIpc) is 4.04. The minimum absolute atomic E-state index is 0.00133. The Labute approximate surface area is 429 Å². The molecule has 1 aliphatic rings. The van der Waals surface area contributed by atoms with Crippen LogP contribution in [-0.2, 0) is 16.2 Å². The Morgan fingerprint density at radius 3 is 1.60 bits per heavy atom. The predicted octanol–water partition coefficient (Wildman–Crippen LogP) is 18.2. The highest BCUT2D eigenvalue weighted by Crippen LogP contribution is 2.48. The van der Waals surface area contributed by atoms with Gasteiger partial charge in [0, 0.05) is 62.5 Å². The van der Waals surface area contributed by atoms with Crippen LogP contribution in [-0.4, -0.2) is 20.8 Å². The molecule has 1 aliphatic heterocycles. The Kier molecular flexibility index (Phi) is 10.7. The molecule has 12 rings (SSSR count). The highest BCUT2D eigenvalue weighted by atomic mass is 16.5. The lowest BCUT2D eigenvalue weighted by molar-refractivity contribution is 0.483. The number of nitrogens with zero attached hydrogens (tertiary/aromatic N) is 5. The van der Waals surface area contributed by atoms with Gasteiger partial charge in [0.25, 0.3) is 0 Å². The zero-order valence-corrected chi connectivity index (χ0v) is 43.7. The van der Waals surface area contributed by atoms with E-state index in [9.17, 15) is 0 Å². The zero-order chi connectivity index (χ0) is 50.6. The molecule has 73 heavy (non-hydrogen) atoms. The molecule has 3 aromatic heterocycles. The summed E-state index contributed by atoms with van der Waals surface area (Å²) in [6.07, 6.45) is 2.04.